The van der Waals surface area contributed by atoms with Gasteiger partial charge in [0.25, 0.3) is 0 Å². The Kier molecular flexibility index (Phi) is 7.12. The summed E-state index contributed by atoms with van der Waals surface area (Å²) in [6, 6.07) is 14.2. The van der Waals surface area contributed by atoms with Gasteiger partial charge in [0, 0.05) is 48.2 Å². The van der Waals surface area contributed by atoms with Gasteiger partial charge in [0.2, 0.25) is 0 Å². The van der Waals surface area contributed by atoms with Crippen molar-refractivity contribution in [2.75, 3.05) is 13.7 Å². The van der Waals surface area contributed by atoms with E-state index in [9.17, 15) is 9.90 Å². The van der Waals surface area contributed by atoms with Crippen molar-refractivity contribution in [3.05, 3.63) is 87.4 Å². The second-order valence-electron chi connectivity index (χ2n) is 9.45. The van der Waals surface area contributed by atoms with Crippen LogP contribution in [0, 0.1) is 0 Å². The van der Waals surface area contributed by atoms with Crippen molar-refractivity contribution in [1.29, 1.82) is 0 Å². The lowest BCUT2D eigenvalue weighted by Crippen LogP contribution is -2.18. The molecule has 1 saturated carbocycles. The van der Waals surface area contributed by atoms with Crippen LogP contribution in [0.25, 0.3) is 5.69 Å². The number of nitrogens with zero attached hydrogens (tertiary/aromatic N) is 6. The molecule has 1 fully saturated rings. The molecule has 0 bridgehead atoms. The quantitative estimate of drug-likeness (QED) is 0.296. The lowest BCUT2D eigenvalue weighted by Gasteiger charge is -2.20. The van der Waals surface area contributed by atoms with E-state index in [4.69, 9.17) is 4.74 Å². The van der Waals surface area contributed by atoms with Crippen LogP contribution in [-0.2, 0) is 20.1 Å². The number of ether oxygens (including phenoxy) is 1. The highest BCUT2D eigenvalue weighted by Crippen LogP contribution is 2.55. The molecule has 0 radical (unpaired) electrons. The molecule has 1 N–H and O–H groups in total. The maximum absolute atomic E-state index is 12.0. The number of aromatic carboxylic acids is 1. The number of aryl methyl sites for hydroxylation is 1. The van der Waals surface area contributed by atoms with Crippen molar-refractivity contribution in [2.45, 2.75) is 38.3 Å². The molecule has 2 atom stereocenters. The Balaban J connectivity index is 1.38. The molecule has 0 amide bonds. The molecule has 0 aliphatic heterocycles. The fourth-order valence-corrected chi connectivity index (χ4v) is 5.27. The molecular weight excluding hydrogens is 536 g/mol. The Labute approximate surface area is 223 Å². The largest absolute Gasteiger partial charge is 0.494 e. The summed E-state index contributed by atoms with van der Waals surface area (Å²) in [5.41, 5.74) is 4.88. The van der Waals surface area contributed by atoms with Gasteiger partial charge in [0.15, 0.2) is 0 Å². The first-order valence-corrected chi connectivity index (χ1v) is 13.0. The number of aromatic nitrogens is 5. The van der Waals surface area contributed by atoms with Crippen LogP contribution in [0.4, 0.5) is 0 Å². The Morgan fingerprint density at radius 3 is 2.78 bits per heavy atom. The minimum absolute atomic E-state index is 0.0325. The predicted molar refractivity (Wildman–Crippen MR) is 142 cm³/mol. The van der Waals surface area contributed by atoms with Crippen LogP contribution in [0.5, 0.6) is 5.75 Å². The molecule has 2 heterocycles. The zero-order valence-electron chi connectivity index (χ0n) is 21.0. The van der Waals surface area contributed by atoms with Gasteiger partial charge in [-0.3, -0.25) is 9.58 Å². The SMILES string of the molecule is CCOc1ccc(Br)cc1CN(C)Cc1cccc(-n2ncc(C(=O)O)c2[C@@H]2C[C@H]2c2cn(C)nn2)c1. The number of carbonyl (C=O) groups is 1. The van der Waals surface area contributed by atoms with Crippen LogP contribution >= 0.6 is 15.9 Å². The lowest BCUT2D eigenvalue weighted by molar-refractivity contribution is 0.0695. The number of hydrogen-bond donors (Lipinski definition) is 1. The molecular formula is C27H29BrN6O3. The fourth-order valence-electron chi connectivity index (χ4n) is 4.86. The van der Waals surface area contributed by atoms with Crippen molar-refractivity contribution in [1.82, 2.24) is 29.7 Å². The molecule has 2 aromatic heterocycles. The fraction of sp³-hybridized carbons (Fsp3) is 0.333. The third kappa shape index (κ3) is 5.45. The topological polar surface area (TPSA) is 98.3 Å². The van der Waals surface area contributed by atoms with E-state index in [1.165, 1.54) is 6.20 Å². The molecule has 5 rings (SSSR count). The third-order valence-electron chi connectivity index (χ3n) is 6.55. The predicted octanol–water partition coefficient (Wildman–Crippen LogP) is 4.76. The van der Waals surface area contributed by atoms with Crippen molar-refractivity contribution in [3.8, 4) is 11.4 Å². The summed E-state index contributed by atoms with van der Waals surface area (Å²) in [4.78, 5) is 14.2. The number of rotatable bonds is 10. The van der Waals surface area contributed by atoms with Gasteiger partial charge < -0.3 is 9.84 Å². The van der Waals surface area contributed by atoms with Crippen molar-refractivity contribution in [3.63, 3.8) is 0 Å². The van der Waals surface area contributed by atoms with Crippen LogP contribution in [0.15, 0.2) is 59.3 Å². The molecule has 2 aromatic carbocycles. The van der Waals surface area contributed by atoms with Crippen LogP contribution in [0.2, 0.25) is 0 Å². The van der Waals surface area contributed by atoms with Gasteiger partial charge in [0.05, 0.1) is 29.9 Å². The highest BCUT2D eigenvalue weighted by molar-refractivity contribution is 9.10. The molecule has 4 aromatic rings. The highest BCUT2D eigenvalue weighted by atomic mass is 79.9. The standard InChI is InChI=1S/C27H29BrN6O3/c1-4-37-25-9-8-19(28)11-18(25)15-32(2)14-17-6-5-7-20(10-17)34-26(23(13-29-34)27(35)36)22-12-21(22)24-16-33(3)31-30-24/h5-11,13,16,21-22H,4,12,14-15H2,1-3H3,(H,35,36)/t21-,22-/m1/s1. The zero-order valence-corrected chi connectivity index (χ0v) is 22.6. The first-order valence-electron chi connectivity index (χ1n) is 12.2. The normalized spacial score (nSPS) is 16.8. The summed E-state index contributed by atoms with van der Waals surface area (Å²) in [6.07, 6.45) is 4.16. The molecule has 9 nitrogen and oxygen atoms in total. The van der Waals surface area contributed by atoms with E-state index in [0.29, 0.717) is 18.8 Å². The first-order chi connectivity index (χ1) is 17.8. The Bertz CT molecular complexity index is 1430. The minimum atomic E-state index is -0.971. The molecule has 1 aliphatic carbocycles. The number of carboxylic acids is 1. The van der Waals surface area contributed by atoms with E-state index in [2.05, 4.69) is 61.5 Å². The molecule has 192 valence electrons. The third-order valence-corrected chi connectivity index (χ3v) is 7.04. The van der Waals surface area contributed by atoms with Crippen LogP contribution in [-0.4, -0.2) is 54.4 Å². The summed E-state index contributed by atoms with van der Waals surface area (Å²) in [5.74, 6) is 0.0864. The highest BCUT2D eigenvalue weighted by Gasteiger charge is 2.46. The van der Waals surface area contributed by atoms with E-state index in [0.717, 1.165) is 45.7 Å². The van der Waals surface area contributed by atoms with Crippen molar-refractivity contribution >= 4 is 21.9 Å². The molecule has 37 heavy (non-hydrogen) atoms. The maximum Gasteiger partial charge on any atom is 0.339 e. The van der Waals surface area contributed by atoms with Gasteiger partial charge in [-0.25, -0.2) is 9.48 Å². The number of halogens is 1. The summed E-state index contributed by atoms with van der Waals surface area (Å²) >= 11 is 3.56. The lowest BCUT2D eigenvalue weighted by atomic mass is 10.1. The van der Waals surface area contributed by atoms with Gasteiger partial charge >= 0.3 is 5.97 Å². The van der Waals surface area contributed by atoms with Crippen LogP contribution in [0.3, 0.4) is 0 Å². The van der Waals surface area contributed by atoms with E-state index < -0.39 is 5.97 Å². The number of benzene rings is 2. The van der Waals surface area contributed by atoms with E-state index >= 15 is 0 Å². The maximum atomic E-state index is 12.0. The molecule has 10 heteroatoms. The van der Waals surface area contributed by atoms with Gasteiger partial charge in [-0.1, -0.05) is 33.3 Å². The minimum Gasteiger partial charge on any atom is -0.494 e. The van der Waals surface area contributed by atoms with Gasteiger partial charge in [-0.2, -0.15) is 5.10 Å². The number of carboxylic acid groups (broad SMARTS) is 1. The molecule has 1 aliphatic rings. The monoisotopic (exact) mass is 564 g/mol. The second-order valence-corrected chi connectivity index (χ2v) is 10.4. The summed E-state index contributed by atoms with van der Waals surface area (Å²) in [6.45, 7) is 4.03. The molecule has 0 spiro atoms. The zero-order chi connectivity index (χ0) is 26.1. The summed E-state index contributed by atoms with van der Waals surface area (Å²) < 4.78 is 10.3. The molecule has 0 unspecified atom stereocenters. The van der Waals surface area contributed by atoms with Gasteiger partial charge in [-0.15, -0.1) is 5.10 Å². The number of hydrogen-bond acceptors (Lipinski definition) is 6. The average Bonchev–Trinajstić information content (AvgIpc) is 3.30. The average molecular weight is 565 g/mol. The second kappa shape index (κ2) is 10.5. The van der Waals surface area contributed by atoms with Crippen LogP contribution in [0.1, 0.15) is 58.1 Å². The smallest absolute Gasteiger partial charge is 0.339 e. The van der Waals surface area contributed by atoms with Gasteiger partial charge in [-0.05, 0) is 56.3 Å². The Hall–Kier alpha value is -3.50. The van der Waals surface area contributed by atoms with Crippen molar-refractivity contribution < 1.29 is 14.6 Å². The Morgan fingerprint density at radius 1 is 1.22 bits per heavy atom. The Morgan fingerprint density at radius 2 is 2.05 bits per heavy atom. The van der Waals surface area contributed by atoms with Crippen molar-refractivity contribution in [2.24, 2.45) is 7.05 Å². The summed E-state index contributed by atoms with van der Waals surface area (Å²) in [5, 5.41) is 22.6. The van der Waals surface area contributed by atoms with E-state index in [1.807, 2.05) is 44.4 Å². The van der Waals surface area contributed by atoms with E-state index in [1.54, 1.807) is 9.36 Å². The molecule has 0 saturated heterocycles. The van der Waals surface area contributed by atoms with E-state index in [-0.39, 0.29) is 17.4 Å². The summed E-state index contributed by atoms with van der Waals surface area (Å²) in [7, 11) is 3.90. The first kappa shape index (κ1) is 25.2. The van der Waals surface area contributed by atoms with Gasteiger partial charge in [0.1, 0.15) is 11.3 Å². The van der Waals surface area contributed by atoms with Crippen LogP contribution < -0.4 is 4.74 Å².